The molecule has 5 heteroatoms. The lowest BCUT2D eigenvalue weighted by Gasteiger charge is -2.29. The number of hydrogen-bond acceptors (Lipinski definition) is 4. The molecule has 0 spiro atoms. The van der Waals surface area contributed by atoms with E-state index in [-0.39, 0.29) is 18.4 Å². The van der Waals surface area contributed by atoms with E-state index in [1.165, 1.54) is 4.90 Å². The van der Waals surface area contributed by atoms with Gasteiger partial charge in [-0.3, -0.25) is 14.5 Å². The number of rotatable bonds is 3. The zero-order chi connectivity index (χ0) is 10.1. The third-order valence-electron chi connectivity index (χ3n) is 2.64. The fourth-order valence-corrected chi connectivity index (χ4v) is 1.91. The van der Waals surface area contributed by atoms with Crippen LogP contribution in [0, 0.1) is 0 Å². The van der Waals surface area contributed by atoms with E-state index in [1.54, 1.807) is 0 Å². The van der Waals surface area contributed by atoms with Gasteiger partial charge in [0.2, 0.25) is 0 Å². The summed E-state index contributed by atoms with van der Waals surface area (Å²) in [5, 5.41) is 8.64. The lowest BCUT2D eigenvalue weighted by atomic mass is 10.2. The smallest absolute Gasteiger partial charge is 0.258 e. The zero-order valence-electron chi connectivity index (χ0n) is 7.81. The molecule has 2 amide bonds. The Bertz CT molecular complexity index is 244. The number of aliphatic hydroxyl groups excluding tert-OH is 1. The summed E-state index contributed by atoms with van der Waals surface area (Å²) in [7, 11) is 0. The van der Waals surface area contributed by atoms with Crippen LogP contribution >= 0.6 is 0 Å². The van der Waals surface area contributed by atoms with Crippen LogP contribution in [0.5, 0.6) is 0 Å². The number of carbonyl (C=O) groups is 2. The maximum Gasteiger partial charge on any atom is 0.258 e. The first-order chi connectivity index (χ1) is 6.74. The minimum absolute atomic E-state index is 0.00670. The normalized spacial score (nSPS) is 31.4. The number of fused-ring (bicyclic) bond motifs is 2. The van der Waals surface area contributed by atoms with Gasteiger partial charge in [0, 0.05) is 13.2 Å². The Hall–Kier alpha value is -0.940. The summed E-state index contributed by atoms with van der Waals surface area (Å²) in [4.78, 5) is 24.4. The van der Waals surface area contributed by atoms with E-state index in [4.69, 9.17) is 9.84 Å². The number of carbonyl (C=O) groups excluding carboxylic acids is 2. The summed E-state index contributed by atoms with van der Waals surface area (Å²) >= 11 is 0. The summed E-state index contributed by atoms with van der Waals surface area (Å²) in [6.07, 6.45) is 0.889. The highest BCUT2D eigenvalue weighted by Crippen LogP contribution is 2.28. The molecule has 2 atom stereocenters. The highest BCUT2D eigenvalue weighted by molar-refractivity contribution is 6.02. The van der Waals surface area contributed by atoms with Crippen LogP contribution in [-0.2, 0) is 14.3 Å². The Morgan fingerprint density at radius 2 is 1.86 bits per heavy atom. The Kier molecular flexibility index (Phi) is 2.52. The highest BCUT2D eigenvalue weighted by Gasteiger charge is 2.45. The van der Waals surface area contributed by atoms with Gasteiger partial charge < -0.3 is 9.84 Å². The standard InChI is InChI=1S/C9H13NO4/c11-5-1-4-10-8(12)6-2-3-7(14-6)9(10)13/h6-7,11H,1-5H2. The molecule has 0 aromatic heterocycles. The van der Waals surface area contributed by atoms with Gasteiger partial charge in [-0.25, -0.2) is 0 Å². The van der Waals surface area contributed by atoms with E-state index >= 15 is 0 Å². The average Bonchev–Trinajstić information content (AvgIpc) is 2.62. The largest absolute Gasteiger partial charge is 0.396 e. The van der Waals surface area contributed by atoms with Gasteiger partial charge in [-0.05, 0) is 19.3 Å². The number of amides is 2. The fraction of sp³-hybridized carbons (Fsp3) is 0.778. The van der Waals surface area contributed by atoms with Crippen molar-refractivity contribution >= 4 is 11.8 Å². The summed E-state index contributed by atoms with van der Waals surface area (Å²) in [5.74, 6) is -0.477. The van der Waals surface area contributed by atoms with Crippen molar-refractivity contribution in [2.45, 2.75) is 31.5 Å². The van der Waals surface area contributed by atoms with Crippen LogP contribution in [-0.4, -0.2) is 47.2 Å². The highest BCUT2D eigenvalue weighted by atomic mass is 16.5. The van der Waals surface area contributed by atoms with Gasteiger partial charge in [0.1, 0.15) is 12.2 Å². The number of hydrogen-bond donors (Lipinski definition) is 1. The van der Waals surface area contributed by atoms with Crippen LogP contribution in [0.1, 0.15) is 19.3 Å². The third kappa shape index (κ3) is 1.42. The van der Waals surface area contributed by atoms with Crippen molar-refractivity contribution in [2.75, 3.05) is 13.2 Å². The van der Waals surface area contributed by atoms with E-state index in [0.717, 1.165) is 0 Å². The maximum atomic E-state index is 11.6. The molecule has 14 heavy (non-hydrogen) atoms. The Morgan fingerprint density at radius 1 is 1.29 bits per heavy atom. The molecule has 0 radical (unpaired) electrons. The van der Waals surface area contributed by atoms with Gasteiger partial charge in [-0.15, -0.1) is 0 Å². The van der Waals surface area contributed by atoms with E-state index in [9.17, 15) is 9.59 Å². The number of imide groups is 1. The fourth-order valence-electron chi connectivity index (χ4n) is 1.91. The lowest BCUT2D eigenvalue weighted by Crippen LogP contribution is -2.52. The first-order valence-corrected chi connectivity index (χ1v) is 4.85. The van der Waals surface area contributed by atoms with Crippen LogP contribution in [0.3, 0.4) is 0 Å². The first-order valence-electron chi connectivity index (χ1n) is 4.85. The molecule has 5 nitrogen and oxygen atoms in total. The monoisotopic (exact) mass is 199 g/mol. The van der Waals surface area contributed by atoms with Crippen molar-refractivity contribution < 1.29 is 19.4 Å². The Morgan fingerprint density at radius 3 is 2.36 bits per heavy atom. The number of aliphatic hydroxyl groups is 1. The van der Waals surface area contributed by atoms with Crippen LogP contribution in [0.2, 0.25) is 0 Å². The van der Waals surface area contributed by atoms with Crippen molar-refractivity contribution in [2.24, 2.45) is 0 Å². The molecule has 78 valence electrons. The summed E-state index contributed by atoms with van der Waals surface area (Å²) in [5.41, 5.74) is 0. The predicted octanol–water partition coefficient (Wildman–Crippen LogP) is -0.715. The van der Waals surface area contributed by atoms with Gasteiger partial charge in [0.05, 0.1) is 0 Å². The molecule has 2 heterocycles. The summed E-state index contributed by atoms with van der Waals surface area (Å²) < 4.78 is 5.23. The third-order valence-corrected chi connectivity index (χ3v) is 2.64. The molecule has 2 aliphatic rings. The second-order valence-electron chi connectivity index (χ2n) is 3.60. The van der Waals surface area contributed by atoms with Gasteiger partial charge >= 0.3 is 0 Å². The van der Waals surface area contributed by atoms with Gasteiger partial charge in [-0.2, -0.15) is 0 Å². The number of morpholine rings is 1. The quantitative estimate of drug-likeness (QED) is 0.609. The molecular weight excluding hydrogens is 186 g/mol. The van der Waals surface area contributed by atoms with E-state index in [1.807, 2.05) is 0 Å². The lowest BCUT2D eigenvalue weighted by molar-refractivity contribution is -0.168. The molecule has 2 saturated heterocycles. The molecule has 2 fully saturated rings. The SMILES string of the molecule is O=C1C2CCC(O2)C(=O)N1CCCO. The molecule has 0 aliphatic carbocycles. The molecule has 0 aromatic carbocycles. The van der Waals surface area contributed by atoms with Crippen LogP contribution in [0.4, 0.5) is 0 Å². The van der Waals surface area contributed by atoms with Gasteiger partial charge in [0.25, 0.3) is 11.8 Å². The van der Waals surface area contributed by atoms with Crippen molar-refractivity contribution in [3.8, 4) is 0 Å². The maximum absolute atomic E-state index is 11.6. The molecule has 2 aliphatic heterocycles. The molecule has 0 saturated carbocycles. The number of ether oxygens (including phenoxy) is 1. The number of likely N-dealkylation sites (tertiary alicyclic amines) is 1. The van der Waals surface area contributed by atoms with Crippen LogP contribution in [0.15, 0.2) is 0 Å². The summed E-state index contributed by atoms with van der Waals surface area (Å²) in [6, 6.07) is 0. The first kappa shape index (κ1) is 9.61. The molecule has 1 N–H and O–H groups in total. The van der Waals surface area contributed by atoms with E-state index in [2.05, 4.69) is 0 Å². The molecule has 0 aromatic rings. The topological polar surface area (TPSA) is 66.8 Å². The second kappa shape index (κ2) is 3.67. The second-order valence-corrected chi connectivity index (χ2v) is 3.60. The minimum atomic E-state index is -0.420. The zero-order valence-corrected chi connectivity index (χ0v) is 7.81. The molecule has 2 rings (SSSR count). The predicted molar refractivity (Wildman–Crippen MR) is 46.3 cm³/mol. The van der Waals surface area contributed by atoms with Crippen molar-refractivity contribution in [3.05, 3.63) is 0 Å². The van der Waals surface area contributed by atoms with Crippen molar-refractivity contribution in [1.82, 2.24) is 4.90 Å². The van der Waals surface area contributed by atoms with Crippen molar-refractivity contribution in [3.63, 3.8) is 0 Å². The minimum Gasteiger partial charge on any atom is -0.396 e. The average molecular weight is 199 g/mol. The van der Waals surface area contributed by atoms with E-state index < -0.39 is 12.2 Å². The van der Waals surface area contributed by atoms with E-state index in [0.29, 0.717) is 25.8 Å². The van der Waals surface area contributed by atoms with Crippen molar-refractivity contribution in [1.29, 1.82) is 0 Å². The Balaban J connectivity index is 2.07. The Labute approximate surface area is 81.6 Å². The van der Waals surface area contributed by atoms with Crippen LogP contribution in [0.25, 0.3) is 0 Å². The summed E-state index contributed by atoms with van der Waals surface area (Å²) in [6.45, 7) is 0.303. The molecule has 2 bridgehead atoms. The van der Waals surface area contributed by atoms with Gasteiger partial charge in [0.15, 0.2) is 0 Å². The molecular formula is C9H13NO4. The van der Waals surface area contributed by atoms with Gasteiger partial charge in [-0.1, -0.05) is 0 Å². The van der Waals surface area contributed by atoms with Crippen LogP contribution < -0.4 is 0 Å². The number of nitrogens with zero attached hydrogens (tertiary/aromatic N) is 1. The molecule has 2 unspecified atom stereocenters.